The highest BCUT2D eigenvalue weighted by molar-refractivity contribution is 7.91. The molecule has 106 valence electrons. The molecule has 0 bridgehead atoms. The summed E-state index contributed by atoms with van der Waals surface area (Å²) < 4.78 is 23.0. The summed E-state index contributed by atoms with van der Waals surface area (Å²) in [6.45, 7) is 5.07. The van der Waals surface area contributed by atoms with E-state index >= 15 is 0 Å². The van der Waals surface area contributed by atoms with E-state index in [1.165, 1.54) is 0 Å². The van der Waals surface area contributed by atoms with Gasteiger partial charge in [0, 0.05) is 23.0 Å². The first-order chi connectivity index (χ1) is 8.75. The zero-order chi connectivity index (χ0) is 14.6. The van der Waals surface area contributed by atoms with Gasteiger partial charge in [-0.25, -0.2) is 8.42 Å². The van der Waals surface area contributed by atoms with E-state index < -0.39 is 15.9 Å². The predicted molar refractivity (Wildman–Crippen MR) is 76.8 cm³/mol. The van der Waals surface area contributed by atoms with Crippen molar-refractivity contribution in [3.05, 3.63) is 29.3 Å². The van der Waals surface area contributed by atoms with Crippen LogP contribution in [0.2, 0.25) is 0 Å². The Morgan fingerprint density at radius 3 is 2.63 bits per heavy atom. The number of hydrogen-bond acceptors (Lipinski definition) is 4. The van der Waals surface area contributed by atoms with Crippen LogP contribution in [-0.2, 0) is 9.84 Å². The molecule has 0 saturated heterocycles. The molecule has 1 rings (SSSR count). The van der Waals surface area contributed by atoms with E-state index in [1.807, 2.05) is 6.92 Å². The van der Waals surface area contributed by atoms with Crippen LogP contribution in [0.3, 0.4) is 0 Å². The van der Waals surface area contributed by atoms with Crippen molar-refractivity contribution in [1.29, 1.82) is 0 Å². The number of amides is 1. The van der Waals surface area contributed by atoms with Gasteiger partial charge in [0.05, 0.1) is 5.75 Å². The molecule has 1 amide bonds. The molecule has 0 fully saturated rings. The summed E-state index contributed by atoms with van der Waals surface area (Å²) in [4.78, 5) is 12.0. The minimum absolute atomic E-state index is 0.0589. The largest absolute Gasteiger partial charge is 0.399 e. The molecule has 0 radical (unpaired) electrons. The molecule has 0 spiro atoms. The maximum atomic E-state index is 12.0. The molecule has 0 aliphatic carbocycles. The van der Waals surface area contributed by atoms with E-state index in [2.05, 4.69) is 5.32 Å². The Balaban J connectivity index is 2.77. The van der Waals surface area contributed by atoms with Crippen LogP contribution in [0.4, 0.5) is 5.69 Å². The lowest BCUT2D eigenvalue weighted by Crippen LogP contribution is -2.38. The highest BCUT2D eigenvalue weighted by Gasteiger charge is 2.17. The van der Waals surface area contributed by atoms with Gasteiger partial charge in [-0.15, -0.1) is 0 Å². The van der Waals surface area contributed by atoms with Gasteiger partial charge >= 0.3 is 0 Å². The quantitative estimate of drug-likeness (QED) is 0.793. The average molecular weight is 284 g/mol. The van der Waals surface area contributed by atoms with Crippen LogP contribution < -0.4 is 11.1 Å². The minimum Gasteiger partial charge on any atom is -0.399 e. The summed E-state index contributed by atoms with van der Waals surface area (Å²) in [6, 6.07) is 4.64. The molecular formula is C13H20N2O3S. The van der Waals surface area contributed by atoms with Gasteiger partial charge in [0.25, 0.3) is 5.91 Å². The standard InChI is InChI=1S/C13H20N2O3S/c1-4-19(17,18)8-10(3)15-13(16)12-7-11(14)6-5-9(12)2/h5-7,10H,4,8,14H2,1-3H3,(H,15,16). The Morgan fingerprint density at radius 2 is 2.05 bits per heavy atom. The number of carbonyl (C=O) groups is 1. The molecule has 1 atom stereocenters. The smallest absolute Gasteiger partial charge is 0.251 e. The molecule has 1 unspecified atom stereocenters. The summed E-state index contributed by atoms with van der Waals surface area (Å²) in [5.74, 6) is -0.287. The molecule has 0 aromatic heterocycles. The molecule has 1 aromatic rings. The minimum atomic E-state index is -3.10. The van der Waals surface area contributed by atoms with Crippen molar-refractivity contribution in [2.45, 2.75) is 26.8 Å². The van der Waals surface area contributed by atoms with Crippen LogP contribution in [-0.4, -0.2) is 31.9 Å². The fourth-order valence-electron chi connectivity index (χ4n) is 1.73. The molecule has 0 heterocycles. The Kier molecular flexibility index (Phi) is 4.94. The van der Waals surface area contributed by atoms with Gasteiger partial charge in [-0.2, -0.15) is 0 Å². The molecule has 0 saturated carbocycles. The van der Waals surface area contributed by atoms with Crippen molar-refractivity contribution in [2.24, 2.45) is 0 Å². The van der Waals surface area contributed by atoms with Gasteiger partial charge in [0.1, 0.15) is 0 Å². The second kappa shape index (κ2) is 6.06. The maximum absolute atomic E-state index is 12.0. The van der Waals surface area contributed by atoms with Gasteiger partial charge in [0.15, 0.2) is 9.84 Å². The van der Waals surface area contributed by atoms with Crippen molar-refractivity contribution < 1.29 is 13.2 Å². The van der Waals surface area contributed by atoms with Crippen molar-refractivity contribution in [2.75, 3.05) is 17.2 Å². The summed E-state index contributed by atoms with van der Waals surface area (Å²) in [6.07, 6.45) is 0. The van der Waals surface area contributed by atoms with Gasteiger partial charge < -0.3 is 11.1 Å². The lowest BCUT2D eigenvalue weighted by molar-refractivity contribution is 0.0943. The summed E-state index contributed by atoms with van der Waals surface area (Å²) in [5, 5.41) is 2.68. The first kappa shape index (κ1) is 15.5. The number of nitrogens with one attached hydrogen (secondary N) is 1. The Morgan fingerprint density at radius 1 is 1.42 bits per heavy atom. The molecular weight excluding hydrogens is 264 g/mol. The molecule has 3 N–H and O–H groups in total. The number of rotatable bonds is 5. The monoisotopic (exact) mass is 284 g/mol. The van der Waals surface area contributed by atoms with E-state index in [1.54, 1.807) is 32.0 Å². The number of carbonyl (C=O) groups excluding carboxylic acids is 1. The van der Waals surface area contributed by atoms with Crippen LogP contribution in [0, 0.1) is 6.92 Å². The fraction of sp³-hybridized carbons (Fsp3) is 0.462. The van der Waals surface area contributed by atoms with Crippen LogP contribution in [0.1, 0.15) is 29.8 Å². The number of benzene rings is 1. The van der Waals surface area contributed by atoms with Crippen LogP contribution in [0.25, 0.3) is 0 Å². The van der Waals surface area contributed by atoms with Gasteiger partial charge in [-0.3, -0.25) is 4.79 Å². The molecule has 0 aliphatic heterocycles. The Bertz CT molecular complexity index is 567. The second-order valence-electron chi connectivity index (χ2n) is 4.65. The van der Waals surface area contributed by atoms with E-state index in [9.17, 15) is 13.2 Å². The number of nitrogen functional groups attached to an aromatic ring is 1. The fourth-order valence-corrected chi connectivity index (χ4v) is 2.81. The van der Waals surface area contributed by atoms with Crippen LogP contribution in [0.15, 0.2) is 18.2 Å². The molecule has 19 heavy (non-hydrogen) atoms. The maximum Gasteiger partial charge on any atom is 0.251 e. The lowest BCUT2D eigenvalue weighted by atomic mass is 10.1. The number of sulfone groups is 1. The summed E-state index contributed by atoms with van der Waals surface area (Å²) in [5.41, 5.74) is 7.42. The second-order valence-corrected chi connectivity index (χ2v) is 7.05. The summed E-state index contributed by atoms with van der Waals surface area (Å²) >= 11 is 0. The topological polar surface area (TPSA) is 89.3 Å². The number of aryl methyl sites for hydroxylation is 1. The predicted octanol–water partition coefficient (Wildman–Crippen LogP) is 1.13. The molecule has 6 heteroatoms. The number of hydrogen-bond donors (Lipinski definition) is 2. The zero-order valence-corrected chi connectivity index (χ0v) is 12.3. The van der Waals surface area contributed by atoms with E-state index in [4.69, 9.17) is 5.73 Å². The SMILES string of the molecule is CCS(=O)(=O)CC(C)NC(=O)c1cc(N)ccc1C. The highest BCUT2D eigenvalue weighted by atomic mass is 32.2. The lowest BCUT2D eigenvalue weighted by Gasteiger charge is -2.15. The van der Waals surface area contributed by atoms with Gasteiger partial charge in [0.2, 0.25) is 0 Å². The van der Waals surface area contributed by atoms with Gasteiger partial charge in [-0.05, 0) is 31.5 Å². The third kappa shape index (κ3) is 4.55. The van der Waals surface area contributed by atoms with Gasteiger partial charge in [-0.1, -0.05) is 13.0 Å². The Hall–Kier alpha value is -1.56. The van der Waals surface area contributed by atoms with E-state index in [0.29, 0.717) is 11.3 Å². The third-order valence-electron chi connectivity index (χ3n) is 2.83. The van der Waals surface area contributed by atoms with Crippen LogP contribution >= 0.6 is 0 Å². The number of nitrogens with two attached hydrogens (primary N) is 1. The van der Waals surface area contributed by atoms with E-state index in [-0.39, 0.29) is 17.4 Å². The normalized spacial score (nSPS) is 13.0. The molecule has 1 aromatic carbocycles. The number of anilines is 1. The zero-order valence-electron chi connectivity index (χ0n) is 11.4. The molecule has 0 aliphatic rings. The molecule has 5 nitrogen and oxygen atoms in total. The first-order valence-electron chi connectivity index (χ1n) is 6.12. The van der Waals surface area contributed by atoms with Crippen molar-refractivity contribution in [1.82, 2.24) is 5.32 Å². The van der Waals surface area contributed by atoms with Crippen molar-refractivity contribution >= 4 is 21.4 Å². The summed E-state index contributed by atoms with van der Waals surface area (Å²) in [7, 11) is -3.10. The Labute approximate surface area is 114 Å². The van der Waals surface area contributed by atoms with Crippen molar-refractivity contribution in [3.8, 4) is 0 Å². The van der Waals surface area contributed by atoms with E-state index in [0.717, 1.165) is 5.56 Å². The highest BCUT2D eigenvalue weighted by Crippen LogP contribution is 2.12. The average Bonchev–Trinajstić information content (AvgIpc) is 2.31. The first-order valence-corrected chi connectivity index (χ1v) is 7.94. The van der Waals surface area contributed by atoms with Crippen LogP contribution in [0.5, 0.6) is 0 Å². The van der Waals surface area contributed by atoms with Crippen molar-refractivity contribution in [3.63, 3.8) is 0 Å². The third-order valence-corrected chi connectivity index (χ3v) is 4.72.